The highest BCUT2D eigenvalue weighted by atomic mass is 32.2. The Morgan fingerprint density at radius 1 is 1.62 bits per heavy atom. The standard InChI is InChI=1S/C8H8FNO4S2/c9-5-2-4-15-8(5)16(13,14)10-3-1-6(10)7(11)12/h2,4,6H,1,3H2,(H,11,12)/t6-/m0/s1. The number of sulfonamides is 1. The molecule has 1 aliphatic rings. The van der Waals surface area contributed by atoms with Gasteiger partial charge in [0.25, 0.3) is 10.0 Å². The van der Waals surface area contributed by atoms with Crippen LogP contribution in [0.2, 0.25) is 0 Å². The van der Waals surface area contributed by atoms with Gasteiger partial charge in [-0.2, -0.15) is 4.31 Å². The monoisotopic (exact) mass is 265 g/mol. The van der Waals surface area contributed by atoms with Crippen LogP contribution in [0.3, 0.4) is 0 Å². The molecule has 0 saturated carbocycles. The second kappa shape index (κ2) is 3.79. The SMILES string of the molecule is O=C(O)[C@@H]1CCN1S(=O)(=O)c1sccc1F. The van der Waals surface area contributed by atoms with Crippen LogP contribution in [0.4, 0.5) is 4.39 Å². The summed E-state index contributed by atoms with van der Waals surface area (Å²) in [4.78, 5) is 10.7. The summed E-state index contributed by atoms with van der Waals surface area (Å²) in [5, 5.41) is 10.1. The van der Waals surface area contributed by atoms with Crippen molar-refractivity contribution in [2.24, 2.45) is 0 Å². The van der Waals surface area contributed by atoms with Crippen molar-refractivity contribution in [3.63, 3.8) is 0 Å². The summed E-state index contributed by atoms with van der Waals surface area (Å²) >= 11 is 0.750. The first-order valence-corrected chi connectivity index (χ1v) is 6.74. The largest absolute Gasteiger partial charge is 0.480 e. The van der Waals surface area contributed by atoms with Crippen LogP contribution in [0, 0.1) is 5.82 Å². The van der Waals surface area contributed by atoms with E-state index in [0.717, 1.165) is 21.7 Å². The molecule has 2 rings (SSSR count). The van der Waals surface area contributed by atoms with Crippen LogP contribution in [-0.2, 0) is 14.8 Å². The van der Waals surface area contributed by atoms with Gasteiger partial charge in [-0.25, -0.2) is 12.8 Å². The number of carboxylic acid groups (broad SMARTS) is 1. The number of thiophene rings is 1. The first-order chi connectivity index (χ1) is 7.44. The molecule has 1 N–H and O–H groups in total. The van der Waals surface area contributed by atoms with Crippen LogP contribution < -0.4 is 0 Å². The van der Waals surface area contributed by atoms with Gasteiger partial charge in [-0.05, 0) is 17.9 Å². The molecule has 1 aliphatic heterocycles. The number of carbonyl (C=O) groups is 1. The zero-order valence-electron chi connectivity index (χ0n) is 7.96. The molecule has 8 heteroatoms. The smallest absolute Gasteiger partial charge is 0.322 e. The van der Waals surface area contributed by atoms with E-state index in [4.69, 9.17) is 5.11 Å². The average molecular weight is 265 g/mol. The Labute approximate surface area is 95.2 Å². The van der Waals surface area contributed by atoms with E-state index >= 15 is 0 Å². The lowest BCUT2D eigenvalue weighted by Gasteiger charge is -2.35. The topological polar surface area (TPSA) is 74.7 Å². The molecule has 1 fully saturated rings. The van der Waals surface area contributed by atoms with E-state index in [1.54, 1.807) is 0 Å². The van der Waals surface area contributed by atoms with Gasteiger partial charge in [0.1, 0.15) is 6.04 Å². The molecule has 88 valence electrons. The van der Waals surface area contributed by atoms with Gasteiger partial charge in [0.15, 0.2) is 10.0 Å². The highest BCUT2D eigenvalue weighted by molar-refractivity contribution is 7.91. The first kappa shape index (κ1) is 11.5. The number of halogens is 1. The van der Waals surface area contributed by atoms with Gasteiger partial charge in [0, 0.05) is 6.54 Å². The van der Waals surface area contributed by atoms with Gasteiger partial charge in [-0.1, -0.05) is 0 Å². The van der Waals surface area contributed by atoms with Gasteiger partial charge < -0.3 is 5.11 Å². The maximum Gasteiger partial charge on any atom is 0.322 e. The van der Waals surface area contributed by atoms with E-state index in [-0.39, 0.29) is 13.0 Å². The third-order valence-corrected chi connectivity index (χ3v) is 5.70. The Bertz CT molecular complexity index is 524. The summed E-state index contributed by atoms with van der Waals surface area (Å²) in [6, 6.07) is -0.0147. The average Bonchev–Trinajstić information content (AvgIpc) is 2.47. The minimum atomic E-state index is -3.99. The molecule has 1 aromatic rings. The quantitative estimate of drug-likeness (QED) is 0.874. The van der Waals surface area contributed by atoms with E-state index in [9.17, 15) is 17.6 Å². The fourth-order valence-electron chi connectivity index (χ4n) is 1.47. The van der Waals surface area contributed by atoms with Crippen LogP contribution >= 0.6 is 11.3 Å². The highest BCUT2D eigenvalue weighted by Gasteiger charge is 2.44. The predicted octanol–water partition coefficient (Wildman–Crippen LogP) is 0.735. The Kier molecular flexibility index (Phi) is 2.72. The van der Waals surface area contributed by atoms with Gasteiger partial charge in [0.2, 0.25) is 0 Å². The number of nitrogens with zero attached hydrogens (tertiary/aromatic N) is 1. The molecule has 0 aliphatic carbocycles. The summed E-state index contributed by atoms with van der Waals surface area (Å²) in [5.41, 5.74) is 0. The zero-order valence-corrected chi connectivity index (χ0v) is 9.59. The summed E-state index contributed by atoms with van der Waals surface area (Å²) in [5.74, 6) is -2.03. The van der Waals surface area contributed by atoms with Crippen LogP contribution in [0.5, 0.6) is 0 Å². The second-order valence-corrected chi connectivity index (χ2v) is 6.32. The lowest BCUT2D eigenvalue weighted by atomic mass is 10.1. The lowest BCUT2D eigenvalue weighted by Crippen LogP contribution is -2.54. The molecule has 0 aromatic carbocycles. The summed E-state index contributed by atoms with van der Waals surface area (Å²) in [6.07, 6.45) is 0.265. The normalized spacial score (nSPS) is 21.7. The Balaban J connectivity index is 2.34. The molecule has 2 heterocycles. The van der Waals surface area contributed by atoms with Crippen molar-refractivity contribution in [3.8, 4) is 0 Å². The van der Waals surface area contributed by atoms with Crippen molar-refractivity contribution < 1.29 is 22.7 Å². The van der Waals surface area contributed by atoms with Crippen LogP contribution in [0.1, 0.15) is 6.42 Å². The molecule has 0 radical (unpaired) electrons. The maximum atomic E-state index is 13.2. The van der Waals surface area contributed by atoms with Crippen molar-refractivity contribution in [2.75, 3.05) is 6.54 Å². The Hall–Kier alpha value is -0.990. The van der Waals surface area contributed by atoms with Crippen LogP contribution in [-0.4, -0.2) is 36.4 Å². The van der Waals surface area contributed by atoms with Crippen molar-refractivity contribution in [1.82, 2.24) is 4.31 Å². The molecule has 5 nitrogen and oxygen atoms in total. The van der Waals surface area contributed by atoms with Gasteiger partial charge >= 0.3 is 5.97 Å². The minimum absolute atomic E-state index is 0.122. The molecule has 0 bridgehead atoms. The second-order valence-electron chi connectivity index (χ2n) is 3.31. The molecule has 0 spiro atoms. The van der Waals surface area contributed by atoms with Gasteiger partial charge in [-0.3, -0.25) is 4.79 Å². The Morgan fingerprint density at radius 2 is 2.31 bits per heavy atom. The summed E-state index contributed by atoms with van der Waals surface area (Å²) in [7, 11) is -3.99. The number of hydrogen-bond donors (Lipinski definition) is 1. The van der Waals surface area contributed by atoms with E-state index < -0.39 is 32.1 Å². The molecule has 16 heavy (non-hydrogen) atoms. The summed E-state index contributed by atoms with van der Waals surface area (Å²) in [6.45, 7) is 0.122. The molecular formula is C8H8FNO4S2. The molecule has 1 atom stereocenters. The Morgan fingerprint density at radius 3 is 2.69 bits per heavy atom. The highest BCUT2D eigenvalue weighted by Crippen LogP contribution is 2.31. The molecule has 0 unspecified atom stereocenters. The number of rotatable bonds is 3. The number of aliphatic carboxylic acids is 1. The van der Waals surface area contributed by atoms with Crippen molar-refractivity contribution in [3.05, 3.63) is 17.3 Å². The van der Waals surface area contributed by atoms with Crippen molar-refractivity contribution in [1.29, 1.82) is 0 Å². The third-order valence-electron chi connectivity index (χ3n) is 2.38. The van der Waals surface area contributed by atoms with E-state index in [0.29, 0.717) is 0 Å². The molecular weight excluding hydrogens is 257 g/mol. The fraction of sp³-hybridized carbons (Fsp3) is 0.375. The fourth-order valence-corrected chi connectivity index (χ4v) is 4.30. The van der Waals surface area contributed by atoms with E-state index in [1.165, 1.54) is 5.38 Å². The summed E-state index contributed by atoms with van der Waals surface area (Å²) < 4.78 is 37.2. The van der Waals surface area contributed by atoms with Crippen LogP contribution in [0.25, 0.3) is 0 Å². The first-order valence-electron chi connectivity index (χ1n) is 4.42. The number of hydrogen-bond acceptors (Lipinski definition) is 4. The van der Waals surface area contributed by atoms with Gasteiger partial charge in [-0.15, -0.1) is 11.3 Å². The van der Waals surface area contributed by atoms with Crippen molar-refractivity contribution in [2.45, 2.75) is 16.7 Å². The van der Waals surface area contributed by atoms with Crippen molar-refractivity contribution >= 4 is 27.3 Å². The maximum absolute atomic E-state index is 13.2. The lowest BCUT2D eigenvalue weighted by molar-refractivity contribution is -0.144. The molecule has 0 amide bonds. The minimum Gasteiger partial charge on any atom is -0.480 e. The zero-order chi connectivity index (χ0) is 11.9. The number of carboxylic acids is 1. The van der Waals surface area contributed by atoms with Crippen LogP contribution in [0.15, 0.2) is 15.7 Å². The predicted molar refractivity (Wildman–Crippen MR) is 54.2 cm³/mol. The molecule has 1 aromatic heterocycles. The van der Waals surface area contributed by atoms with E-state index in [1.807, 2.05) is 0 Å². The molecule has 1 saturated heterocycles. The third kappa shape index (κ3) is 1.62. The van der Waals surface area contributed by atoms with Gasteiger partial charge in [0.05, 0.1) is 0 Å². The van der Waals surface area contributed by atoms with E-state index in [2.05, 4.69) is 0 Å².